The van der Waals surface area contributed by atoms with E-state index in [-0.39, 0.29) is 31.2 Å². The molecule has 0 saturated heterocycles. The lowest BCUT2D eigenvalue weighted by Gasteiger charge is -2.09. The lowest BCUT2D eigenvalue weighted by atomic mass is 10.3. The van der Waals surface area contributed by atoms with Crippen molar-refractivity contribution in [3.63, 3.8) is 0 Å². The third-order valence-corrected chi connectivity index (χ3v) is 2.74. The molecule has 0 radical (unpaired) electrons. The van der Waals surface area contributed by atoms with Crippen molar-refractivity contribution in [3.8, 4) is 5.75 Å². The zero-order valence-corrected chi connectivity index (χ0v) is 11.8. The fourth-order valence-electron chi connectivity index (χ4n) is 1.22. The van der Waals surface area contributed by atoms with Crippen molar-refractivity contribution in [2.24, 2.45) is 0 Å². The van der Waals surface area contributed by atoms with Gasteiger partial charge >= 0.3 is 5.97 Å². The molecular formula is C12H13Cl2NO4. The number of esters is 1. The molecule has 0 spiro atoms. The van der Waals surface area contributed by atoms with Crippen LogP contribution >= 0.6 is 23.2 Å². The van der Waals surface area contributed by atoms with E-state index < -0.39 is 5.97 Å². The number of rotatable bonds is 6. The number of para-hydroxylation sites is 1. The van der Waals surface area contributed by atoms with E-state index in [1.807, 2.05) is 0 Å². The van der Waals surface area contributed by atoms with Crippen LogP contribution < -0.4 is 10.1 Å². The molecule has 1 aromatic rings. The van der Waals surface area contributed by atoms with Crippen molar-refractivity contribution >= 4 is 35.1 Å². The van der Waals surface area contributed by atoms with Gasteiger partial charge in [-0.3, -0.25) is 9.59 Å². The Morgan fingerprint density at radius 3 is 2.47 bits per heavy atom. The Morgan fingerprint density at radius 1 is 1.26 bits per heavy atom. The first-order chi connectivity index (χ1) is 9.04. The number of nitrogens with one attached hydrogen (secondary N) is 1. The second kappa shape index (κ2) is 7.86. The number of hydrogen-bond acceptors (Lipinski definition) is 4. The van der Waals surface area contributed by atoms with Crippen LogP contribution in [0.15, 0.2) is 18.2 Å². The molecule has 0 saturated carbocycles. The van der Waals surface area contributed by atoms with Gasteiger partial charge in [0, 0.05) is 6.54 Å². The quantitative estimate of drug-likeness (QED) is 0.817. The molecule has 0 bridgehead atoms. The highest BCUT2D eigenvalue weighted by atomic mass is 35.5. The van der Waals surface area contributed by atoms with Crippen LogP contribution in [0.1, 0.15) is 6.42 Å². The van der Waals surface area contributed by atoms with E-state index in [4.69, 9.17) is 27.9 Å². The van der Waals surface area contributed by atoms with Crippen LogP contribution in [0.3, 0.4) is 0 Å². The maximum absolute atomic E-state index is 11.4. The highest BCUT2D eigenvalue weighted by molar-refractivity contribution is 6.37. The van der Waals surface area contributed by atoms with Gasteiger partial charge in [-0.25, -0.2) is 0 Å². The van der Waals surface area contributed by atoms with E-state index in [9.17, 15) is 9.59 Å². The minimum absolute atomic E-state index is 0.106. The summed E-state index contributed by atoms with van der Waals surface area (Å²) in [6.45, 7) is -0.0459. The number of carbonyl (C=O) groups excluding carboxylic acids is 2. The Bertz CT molecular complexity index is 445. The van der Waals surface area contributed by atoms with Gasteiger partial charge in [-0.1, -0.05) is 29.3 Å². The molecule has 5 nitrogen and oxygen atoms in total. The highest BCUT2D eigenvalue weighted by Gasteiger charge is 2.09. The van der Waals surface area contributed by atoms with Gasteiger partial charge in [0.1, 0.15) is 0 Å². The molecule has 19 heavy (non-hydrogen) atoms. The number of amides is 1. The van der Waals surface area contributed by atoms with Crippen LogP contribution in [0, 0.1) is 0 Å². The molecule has 0 fully saturated rings. The Labute approximate surface area is 120 Å². The van der Waals surface area contributed by atoms with Crippen LogP contribution in [-0.4, -0.2) is 32.1 Å². The molecule has 0 aliphatic heterocycles. The summed E-state index contributed by atoms with van der Waals surface area (Å²) in [4.78, 5) is 22.3. The number of carbonyl (C=O) groups is 2. The molecular weight excluding hydrogens is 293 g/mol. The lowest BCUT2D eigenvalue weighted by molar-refractivity contribution is -0.140. The Hall–Kier alpha value is -1.46. The summed E-state index contributed by atoms with van der Waals surface area (Å²) in [5.41, 5.74) is 0. The average Bonchev–Trinajstić information content (AvgIpc) is 2.38. The fourth-order valence-corrected chi connectivity index (χ4v) is 1.72. The van der Waals surface area contributed by atoms with Crippen LogP contribution in [0.4, 0.5) is 0 Å². The summed E-state index contributed by atoms with van der Waals surface area (Å²) in [7, 11) is 1.28. The molecule has 7 heteroatoms. The highest BCUT2D eigenvalue weighted by Crippen LogP contribution is 2.32. The van der Waals surface area contributed by atoms with Crippen molar-refractivity contribution in [2.75, 3.05) is 20.3 Å². The first kappa shape index (κ1) is 15.6. The molecule has 1 N–H and O–H groups in total. The molecule has 0 atom stereocenters. The predicted molar refractivity (Wildman–Crippen MR) is 71.6 cm³/mol. The monoisotopic (exact) mass is 305 g/mol. The third kappa shape index (κ3) is 5.36. The zero-order valence-electron chi connectivity index (χ0n) is 10.2. The van der Waals surface area contributed by atoms with E-state index >= 15 is 0 Å². The molecule has 1 aromatic carbocycles. The molecule has 0 aromatic heterocycles. The van der Waals surface area contributed by atoms with Crippen LogP contribution in [0.5, 0.6) is 5.75 Å². The number of methoxy groups -OCH3 is 1. The van der Waals surface area contributed by atoms with Gasteiger partial charge in [0.15, 0.2) is 12.4 Å². The van der Waals surface area contributed by atoms with Gasteiger partial charge in [0.2, 0.25) is 0 Å². The zero-order chi connectivity index (χ0) is 14.3. The van der Waals surface area contributed by atoms with E-state index in [0.717, 1.165) is 0 Å². The van der Waals surface area contributed by atoms with Crippen molar-refractivity contribution < 1.29 is 19.1 Å². The lowest BCUT2D eigenvalue weighted by Crippen LogP contribution is -2.31. The normalized spacial score (nSPS) is 9.84. The van der Waals surface area contributed by atoms with Crippen molar-refractivity contribution in [3.05, 3.63) is 28.2 Å². The topological polar surface area (TPSA) is 64.6 Å². The molecule has 104 valence electrons. The van der Waals surface area contributed by atoms with Crippen LogP contribution in [0.2, 0.25) is 10.0 Å². The van der Waals surface area contributed by atoms with Crippen LogP contribution in [-0.2, 0) is 14.3 Å². The standard InChI is InChI=1S/C12H13Cl2NO4/c1-18-11(17)5-6-15-10(16)7-19-12-8(13)3-2-4-9(12)14/h2-4H,5-7H2,1H3,(H,15,16). The van der Waals surface area contributed by atoms with Gasteiger partial charge in [0.25, 0.3) is 5.91 Å². The third-order valence-electron chi connectivity index (χ3n) is 2.15. The average molecular weight is 306 g/mol. The smallest absolute Gasteiger partial charge is 0.307 e. The van der Waals surface area contributed by atoms with E-state index in [1.54, 1.807) is 18.2 Å². The summed E-state index contributed by atoms with van der Waals surface area (Å²) in [6.07, 6.45) is 0.106. The number of benzene rings is 1. The van der Waals surface area contributed by atoms with Crippen molar-refractivity contribution in [1.29, 1.82) is 0 Å². The van der Waals surface area contributed by atoms with Crippen molar-refractivity contribution in [2.45, 2.75) is 6.42 Å². The first-order valence-electron chi connectivity index (χ1n) is 5.45. The molecule has 1 amide bonds. The molecule has 0 unspecified atom stereocenters. The maximum atomic E-state index is 11.4. The summed E-state index contributed by atoms with van der Waals surface area (Å²) in [6, 6.07) is 4.89. The first-order valence-corrected chi connectivity index (χ1v) is 6.20. The predicted octanol–water partition coefficient (Wildman–Crippen LogP) is 2.05. The largest absolute Gasteiger partial charge is 0.481 e. The summed E-state index contributed by atoms with van der Waals surface area (Å²) in [5.74, 6) is -0.510. The number of halogens is 2. The fraction of sp³-hybridized carbons (Fsp3) is 0.333. The minimum Gasteiger partial charge on any atom is -0.481 e. The van der Waals surface area contributed by atoms with Gasteiger partial charge < -0.3 is 14.8 Å². The minimum atomic E-state index is -0.393. The van der Waals surface area contributed by atoms with E-state index in [0.29, 0.717) is 10.0 Å². The summed E-state index contributed by atoms with van der Waals surface area (Å²) < 4.78 is 9.66. The summed E-state index contributed by atoms with van der Waals surface area (Å²) in [5, 5.41) is 3.16. The molecule has 0 heterocycles. The Kier molecular flexibility index (Phi) is 6.45. The molecule has 0 aliphatic rings. The SMILES string of the molecule is COC(=O)CCNC(=O)COc1c(Cl)cccc1Cl. The summed E-state index contributed by atoms with van der Waals surface area (Å²) >= 11 is 11.8. The molecule has 0 aliphatic carbocycles. The number of hydrogen-bond donors (Lipinski definition) is 1. The van der Waals surface area contributed by atoms with Gasteiger partial charge in [-0.2, -0.15) is 0 Å². The van der Waals surface area contributed by atoms with Gasteiger partial charge in [0.05, 0.1) is 23.6 Å². The second-order valence-corrected chi connectivity index (χ2v) is 4.33. The number of ether oxygens (including phenoxy) is 2. The Balaban J connectivity index is 2.36. The maximum Gasteiger partial charge on any atom is 0.307 e. The van der Waals surface area contributed by atoms with Crippen LogP contribution in [0.25, 0.3) is 0 Å². The van der Waals surface area contributed by atoms with Gasteiger partial charge in [-0.15, -0.1) is 0 Å². The Morgan fingerprint density at radius 2 is 1.89 bits per heavy atom. The second-order valence-electron chi connectivity index (χ2n) is 3.52. The van der Waals surface area contributed by atoms with Gasteiger partial charge in [-0.05, 0) is 12.1 Å². The van der Waals surface area contributed by atoms with E-state index in [2.05, 4.69) is 10.1 Å². The van der Waals surface area contributed by atoms with Crippen molar-refractivity contribution in [1.82, 2.24) is 5.32 Å². The van der Waals surface area contributed by atoms with E-state index in [1.165, 1.54) is 7.11 Å². The molecule has 1 rings (SSSR count).